The third-order valence-corrected chi connectivity index (χ3v) is 2.17. The molecule has 0 aromatic heterocycles. The number of hydrogen-bond acceptors (Lipinski definition) is 2. The molecule has 1 aromatic rings. The highest BCUT2D eigenvalue weighted by Gasteiger charge is 2.08. The Hall–Kier alpha value is -1.54. The van der Waals surface area contributed by atoms with Crippen LogP contribution in [0, 0.1) is 0 Å². The van der Waals surface area contributed by atoms with Crippen LogP contribution in [0.25, 0.3) is 0 Å². The molecule has 1 atom stereocenters. The maximum atomic E-state index is 6.11. The van der Waals surface area contributed by atoms with E-state index in [4.69, 9.17) is 11.5 Å². The topological polar surface area (TPSA) is 52.0 Å². The molecule has 1 unspecified atom stereocenters. The summed E-state index contributed by atoms with van der Waals surface area (Å²) in [5, 5.41) is 0. The number of rotatable bonds is 3. The summed E-state index contributed by atoms with van der Waals surface area (Å²) in [5.41, 5.74) is 14.9. The van der Waals surface area contributed by atoms with Gasteiger partial charge in [0.05, 0.1) is 6.04 Å². The van der Waals surface area contributed by atoms with Crippen LogP contribution in [-0.2, 0) is 0 Å². The van der Waals surface area contributed by atoms with Gasteiger partial charge in [0.25, 0.3) is 0 Å². The van der Waals surface area contributed by atoms with E-state index in [-0.39, 0.29) is 6.04 Å². The molecule has 2 heteroatoms. The molecule has 2 nitrogen and oxygen atoms in total. The highest BCUT2D eigenvalue weighted by atomic mass is 14.6. The standard InChI is InChI=1S/C13H18N2/c1-10(2)8-12(9-14)13(15)11-6-4-3-5-7-11/h3-9,13H,14-15H2,1-2H3/b12-9-. The second-order valence-electron chi connectivity index (χ2n) is 3.78. The van der Waals surface area contributed by atoms with Crippen molar-refractivity contribution >= 4 is 0 Å². The first-order valence-corrected chi connectivity index (χ1v) is 5.02. The van der Waals surface area contributed by atoms with Crippen molar-refractivity contribution in [2.24, 2.45) is 11.5 Å². The molecule has 0 aliphatic rings. The predicted octanol–water partition coefficient (Wildman–Crippen LogP) is 2.50. The van der Waals surface area contributed by atoms with E-state index in [1.807, 2.05) is 50.3 Å². The molecule has 0 bridgehead atoms. The van der Waals surface area contributed by atoms with Crippen LogP contribution in [0.1, 0.15) is 25.5 Å². The lowest BCUT2D eigenvalue weighted by Gasteiger charge is -2.13. The van der Waals surface area contributed by atoms with E-state index >= 15 is 0 Å². The van der Waals surface area contributed by atoms with E-state index in [0.717, 1.165) is 11.1 Å². The first kappa shape index (κ1) is 11.5. The van der Waals surface area contributed by atoms with E-state index in [0.29, 0.717) is 0 Å². The summed E-state index contributed by atoms with van der Waals surface area (Å²) in [6.45, 7) is 4.06. The van der Waals surface area contributed by atoms with E-state index in [9.17, 15) is 0 Å². The molecule has 4 N–H and O–H groups in total. The zero-order valence-electron chi connectivity index (χ0n) is 9.27. The Morgan fingerprint density at radius 1 is 1.20 bits per heavy atom. The first-order chi connectivity index (χ1) is 7.15. The fourth-order valence-corrected chi connectivity index (χ4v) is 1.43. The zero-order chi connectivity index (χ0) is 11.3. The van der Waals surface area contributed by atoms with E-state index in [1.54, 1.807) is 6.20 Å². The first-order valence-electron chi connectivity index (χ1n) is 5.02. The molecule has 1 rings (SSSR count). The summed E-state index contributed by atoms with van der Waals surface area (Å²) < 4.78 is 0. The minimum Gasteiger partial charge on any atom is -0.404 e. The van der Waals surface area contributed by atoms with Crippen molar-refractivity contribution in [2.75, 3.05) is 0 Å². The SMILES string of the molecule is CC(C)=C/C(=C/N)C(N)c1ccccc1. The van der Waals surface area contributed by atoms with Crippen molar-refractivity contribution in [1.82, 2.24) is 0 Å². The van der Waals surface area contributed by atoms with Crippen LogP contribution in [0.5, 0.6) is 0 Å². The molecule has 0 saturated carbocycles. The van der Waals surface area contributed by atoms with Gasteiger partial charge in [-0.25, -0.2) is 0 Å². The van der Waals surface area contributed by atoms with Crippen LogP contribution in [0.2, 0.25) is 0 Å². The van der Waals surface area contributed by atoms with E-state index in [1.165, 1.54) is 5.57 Å². The Labute approximate surface area is 91.3 Å². The third kappa shape index (κ3) is 3.26. The summed E-state index contributed by atoms with van der Waals surface area (Å²) in [4.78, 5) is 0. The van der Waals surface area contributed by atoms with Gasteiger partial charge in [0.2, 0.25) is 0 Å². The average Bonchev–Trinajstić information content (AvgIpc) is 2.26. The molecular formula is C13H18N2. The Kier molecular flexibility index (Phi) is 4.13. The lowest BCUT2D eigenvalue weighted by molar-refractivity contribution is 0.864. The minimum atomic E-state index is -0.147. The second-order valence-corrected chi connectivity index (χ2v) is 3.78. The fourth-order valence-electron chi connectivity index (χ4n) is 1.43. The van der Waals surface area contributed by atoms with Gasteiger partial charge in [-0.15, -0.1) is 0 Å². The quantitative estimate of drug-likeness (QED) is 0.740. The van der Waals surface area contributed by atoms with Crippen LogP contribution in [0.4, 0.5) is 0 Å². The van der Waals surface area contributed by atoms with Crippen molar-refractivity contribution in [2.45, 2.75) is 19.9 Å². The Morgan fingerprint density at radius 2 is 1.80 bits per heavy atom. The Morgan fingerprint density at radius 3 is 2.27 bits per heavy atom. The van der Waals surface area contributed by atoms with E-state index < -0.39 is 0 Å². The van der Waals surface area contributed by atoms with Gasteiger partial charge < -0.3 is 11.5 Å². The number of hydrogen-bond donors (Lipinski definition) is 2. The summed E-state index contributed by atoms with van der Waals surface area (Å²) in [6.07, 6.45) is 3.59. The maximum Gasteiger partial charge on any atom is 0.0565 e. The Balaban J connectivity index is 2.93. The molecule has 0 heterocycles. The summed E-state index contributed by atoms with van der Waals surface area (Å²) in [5.74, 6) is 0. The summed E-state index contributed by atoms with van der Waals surface area (Å²) in [6, 6.07) is 9.80. The molecule has 0 radical (unpaired) electrons. The van der Waals surface area contributed by atoms with Crippen molar-refractivity contribution in [1.29, 1.82) is 0 Å². The molecule has 15 heavy (non-hydrogen) atoms. The Bertz CT molecular complexity index is 359. The third-order valence-electron chi connectivity index (χ3n) is 2.17. The summed E-state index contributed by atoms with van der Waals surface area (Å²) >= 11 is 0. The lowest BCUT2D eigenvalue weighted by Crippen LogP contribution is -2.13. The van der Waals surface area contributed by atoms with Gasteiger partial charge in [-0.3, -0.25) is 0 Å². The van der Waals surface area contributed by atoms with Gasteiger partial charge in [-0.2, -0.15) is 0 Å². The van der Waals surface area contributed by atoms with Crippen LogP contribution < -0.4 is 11.5 Å². The average molecular weight is 202 g/mol. The van der Waals surface area contributed by atoms with Gasteiger partial charge in [-0.05, 0) is 31.2 Å². The molecule has 0 fully saturated rings. The minimum absolute atomic E-state index is 0.147. The molecule has 0 aliphatic heterocycles. The van der Waals surface area contributed by atoms with E-state index in [2.05, 4.69) is 0 Å². The lowest BCUT2D eigenvalue weighted by atomic mass is 9.99. The number of nitrogens with two attached hydrogens (primary N) is 2. The highest BCUT2D eigenvalue weighted by Crippen LogP contribution is 2.19. The van der Waals surface area contributed by atoms with Gasteiger partial charge in [0.15, 0.2) is 0 Å². The van der Waals surface area contributed by atoms with Crippen molar-refractivity contribution in [3.05, 3.63) is 59.3 Å². The molecule has 0 aliphatic carbocycles. The van der Waals surface area contributed by atoms with Crippen LogP contribution >= 0.6 is 0 Å². The van der Waals surface area contributed by atoms with Gasteiger partial charge in [0, 0.05) is 0 Å². The van der Waals surface area contributed by atoms with Gasteiger partial charge in [-0.1, -0.05) is 42.0 Å². The molecular weight excluding hydrogens is 184 g/mol. The molecule has 0 amide bonds. The molecule has 1 aromatic carbocycles. The molecule has 0 spiro atoms. The van der Waals surface area contributed by atoms with Crippen molar-refractivity contribution < 1.29 is 0 Å². The summed E-state index contributed by atoms with van der Waals surface area (Å²) in [7, 11) is 0. The number of benzene rings is 1. The largest absolute Gasteiger partial charge is 0.404 e. The van der Waals surface area contributed by atoms with Crippen molar-refractivity contribution in [3.8, 4) is 0 Å². The normalized spacial score (nSPS) is 13.4. The van der Waals surface area contributed by atoms with Gasteiger partial charge >= 0.3 is 0 Å². The highest BCUT2D eigenvalue weighted by molar-refractivity contribution is 5.34. The van der Waals surface area contributed by atoms with Crippen molar-refractivity contribution in [3.63, 3.8) is 0 Å². The molecule has 80 valence electrons. The monoisotopic (exact) mass is 202 g/mol. The zero-order valence-corrected chi connectivity index (χ0v) is 9.27. The molecule has 0 saturated heterocycles. The fraction of sp³-hybridized carbons (Fsp3) is 0.231. The van der Waals surface area contributed by atoms with Gasteiger partial charge in [0.1, 0.15) is 0 Å². The second kappa shape index (κ2) is 5.37. The van der Waals surface area contributed by atoms with Crippen LogP contribution in [-0.4, -0.2) is 0 Å². The smallest absolute Gasteiger partial charge is 0.0565 e. The van der Waals surface area contributed by atoms with Crippen LogP contribution in [0.3, 0.4) is 0 Å². The maximum absolute atomic E-state index is 6.11. The number of allylic oxidation sites excluding steroid dienone is 1. The van der Waals surface area contributed by atoms with Crippen LogP contribution in [0.15, 0.2) is 53.8 Å². The predicted molar refractivity (Wildman–Crippen MR) is 65.1 cm³/mol.